The molecule has 3 atom stereocenters. The van der Waals surface area contributed by atoms with Crippen LogP contribution in [0.5, 0.6) is 0 Å². The molecule has 2 aliphatic rings. The first kappa shape index (κ1) is 21.5. The Kier molecular flexibility index (Phi) is 5.38. The molecule has 0 spiro atoms. The second-order valence-electron chi connectivity index (χ2n) is 8.31. The van der Waals surface area contributed by atoms with Crippen LogP contribution in [0.3, 0.4) is 0 Å². The van der Waals surface area contributed by atoms with Crippen molar-refractivity contribution >= 4 is 21.7 Å². The van der Waals surface area contributed by atoms with Crippen LogP contribution in [0.25, 0.3) is 0 Å². The molecular formula is C21H27N5O4S. The lowest BCUT2D eigenvalue weighted by Crippen LogP contribution is -2.49. The molecule has 1 aromatic heterocycles. The van der Waals surface area contributed by atoms with Crippen molar-refractivity contribution in [3.05, 3.63) is 46.8 Å². The molecule has 1 aromatic carbocycles. The second-order valence-corrected chi connectivity index (χ2v) is 10.3. The average Bonchev–Trinajstić information content (AvgIpc) is 3.11. The summed E-state index contributed by atoms with van der Waals surface area (Å²) in [5.41, 5.74) is 2.95. The minimum absolute atomic E-state index is 0.176. The zero-order valence-electron chi connectivity index (χ0n) is 18.0. The fraction of sp³-hybridized carbons (Fsp3) is 0.476. The summed E-state index contributed by atoms with van der Waals surface area (Å²) in [7, 11) is -1.73. The van der Waals surface area contributed by atoms with Crippen molar-refractivity contribution in [1.29, 1.82) is 0 Å². The van der Waals surface area contributed by atoms with Crippen LogP contribution in [0.15, 0.2) is 29.2 Å². The molecule has 0 radical (unpaired) electrons. The Labute approximate surface area is 181 Å². The van der Waals surface area contributed by atoms with E-state index in [9.17, 15) is 18.0 Å². The molecule has 166 valence electrons. The fourth-order valence-electron chi connectivity index (χ4n) is 4.31. The van der Waals surface area contributed by atoms with Gasteiger partial charge in [0.1, 0.15) is 11.7 Å². The standard InChI is InChI=1S/C21H27N5O4S/c1-12-9-17-16(10-23-12)19-21(28)25(11-18(20(27)22-3)26(19)24-17)13(2)14-5-7-15(8-6-14)31(4,29)30/h5-8,12-13,18,23H,9-11H2,1-4H3,(H,22,27)/t12-,13+,18+/m1/s1. The summed E-state index contributed by atoms with van der Waals surface area (Å²) >= 11 is 0. The van der Waals surface area contributed by atoms with E-state index < -0.39 is 15.9 Å². The summed E-state index contributed by atoms with van der Waals surface area (Å²) in [6.07, 6.45) is 1.86. The molecule has 0 aliphatic carbocycles. The zero-order chi connectivity index (χ0) is 22.5. The van der Waals surface area contributed by atoms with Crippen LogP contribution >= 0.6 is 0 Å². The van der Waals surface area contributed by atoms with Gasteiger partial charge in [0.25, 0.3) is 5.91 Å². The number of nitrogens with zero attached hydrogens (tertiary/aromatic N) is 3. The van der Waals surface area contributed by atoms with Gasteiger partial charge in [-0.3, -0.25) is 9.59 Å². The molecule has 31 heavy (non-hydrogen) atoms. The highest BCUT2D eigenvalue weighted by atomic mass is 32.2. The third-order valence-electron chi connectivity index (χ3n) is 6.15. The summed E-state index contributed by atoms with van der Waals surface area (Å²) in [6.45, 7) is 4.66. The third kappa shape index (κ3) is 3.74. The Morgan fingerprint density at radius 3 is 2.58 bits per heavy atom. The molecule has 0 bridgehead atoms. The highest BCUT2D eigenvalue weighted by Gasteiger charge is 2.41. The van der Waals surface area contributed by atoms with Crippen molar-refractivity contribution in [2.75, 3.05) is 19.8 Å². The molecule has 2 aromatic rings. The highest BCUT2D eigenvalue weighted by Crippen LogP contribution is 2.33. The van der Waals surface area contributed by atoms with Crippen molar-refractivity contribution in [1.82, 2.24) is 25.3 Å². The first-order valence-corrected chi connectivity index (χ1v) is 12.2. The number of nitrogens with one attached hydrogen (secondary N) is 2. The first-order valence-electron chi connectivity index (χ1n) is 10.3. The van der Waals surface area contributed by atoms with Gasteiger partial charge in [-0.2, -0.15) is 5.10 Å². The van der Waals surface area contributed by atoms with Crippen molar-refractivity contribution in [3.8, 4) is 0 Å². The van der Waals surface area contributed by atoms with Crippen LogP contribution in [-0.2, 0) is 27.6 Å². The summed E-state index contributed by atoms with van der Waals surface area (Å²) in [5.74, 6) is -0.385. The molecule has 9 nitrogen and oxygen atoms in total. The van der Waals surface area contributed by atoms with Crippen LogP contribution in [-0.4, -0.2) is 60.8 Å². The van der Waals surface area contributed by atoms with Gasteiger partial charge in [-0.1, -0.05) is 12.1 Å². The van der Waals surface area contributed by atoms with E-state index in [0.29, 0.717) is 18.7 Å². The number of sulfone groups is 1. The minimum Gasteiger partial charge on any atom is -0.357 e. The average molecular weight is 446 g/mol. The van der Waals surface area contributed by atoms with Crippen molar-refractivity contribution in [2.45, 2.75) is 49.8 Å². The molecule has 2 N–H and O–H groups in total. The monoisotopic (exact) mass is 445 g/mol. The second kappa shape index (κ2) is 7.76. The predicted octanol–water partition coefficient (Wildman–Crippen LogP) is 0.825. The largest absolute Gasteiger partial charge is 0.357 e. The normalized spacial score (nSPS) is 21.9. The number of rotatable bonds is 4. The van der Waals surface area contributed by atoms with E-state index in [0.717, 1.165) is 23.1 Å². The quantitative estimate of drug-likeness (QED) is 0.721. The molecule has 0 saturated heterocycles. The number of fused-ring (bicyclic) bond motifs is 3. The topological polar surface area (TPSA) is 113 Å². The Hall–Kier alpha value is -2.72. The van der Waals surface area contributed by atoms with E-state index >= 15 is 0 Å². The maximum atomic E-state index is 13.5. The molecule has 3 heterocycles. The fourth-order valence-corrected chi connectivity index (χ4v) is 4.94. The Balaban J connectivity index is 1.73. The van der Waals surface area contributed by atoms with Crippen molar-refractivity contribution in [3.63, 3.8) is 0 Å². The zero-order valence-corrected chi connectivity index (χ0v) is 18.9. The van der Waals surface area contributed by atoms with Gasteiger partial charge in [-0.05, 0) is 31.5 Å². The highest BCUT2D eigenvalue weighted by molar-refractivity contribution is 7.90. The summed E-state index contributed by atoms with van der Waals surface area (Å²) in [6, 6.07) is 5.80. The Bertz CT molecular complexity index is 1140. The van der Waals surface area contributed by atoms with Gasteiger partial charge in [0.15, 0.2) is 9.84 Å². The number of likely N-dealkylation sites (N-methyl/N-ethyl adjacent to an activating group) is 1. The first-order chi connectivity index (χ1) is 14.6. The van der Waals surface area contributed by atoms with E-state index in [1.165, 1.54) is 0 Å². The van der Waals surface area contributed by atoms with Gasteiger partial charge in [0.2, 0.25) is 5.91 Å². The SMILES string of the molecule is CNC(=O)[C@@H]1CN([C@@H](C)c2ccc(S(C)(=O)=O)cc2)C(=O)c2c3c(nn21)C[C@@H](C)NC3. The van der Waals surface area contributed by atoms with E-state index in [4.69, 9.17) is 0 Å². The van der Waals surface area contributed by atoms with Crippen LogP contribution in [0.4, 0.5) is 0 Å². The minimum atomic E-state index is -3.30. The van der Waals surface area contributed by atoms with Crippen LogP contribution in [0.2, 0.25) is 0 Å². The van der Waals surface area contributed by atoms with Gasteiger partial charge in [0, 0.05) is 37.9 Å². The molecule has 2 aliphatic heterocycles. The van der Waals surface area contributed by atoms with Gasteiger partial charge in [0.05, 0.1) is 23.2 Å². The van der Waals surface area contributed by atoms with E-state index in [2.05, 4.69) is 22.7 Å². The number of aromatic nitrogens is 2. The summed E-state index contributed by atoms with van der Waals surface area (Å²) in [4.78, 5) is 28.1. The number of hydrogen-bond donors (Lipinski definition) is 2. The number of carbonyl (C=O) groups is 2. The van der Waals surface area contributed by atoms with Crippen molar-refractivity contribution < 1.29 is 18.0 Å². The number of carbonyl (C=O) groups excluding carboxylic acids is 2. The van der Waals surface area contributed by atoms with Gasteiger partial charge in [-0.25, -0.2) is 13.1 Å². The van der Waals surface area contributed by atoms with E-state index in [-0.39, 0.29) is 35.3 Å². The van der Waals surface area contributed by atoms with E-state index in [1.807, 2.05) is 6.92 Å². The van der Waals surface area contributed by atoms with Gasteiger partial charge >= 0.3 is 0 Å². The molecular weight excluding hydrogens is 418 g/mol. The molecule has 10 heteroatoms. The van der Waals surface area contributed by atoms with Crippen molar-refractivity contribution in [2.24, 2.45) is 0 Å². The molecule has 2 amide bonds. The van der Waals surface area contributed by atoms with Gasteiger partial charge in [-0.15, -0.1) is 0 Å². The van der Waals surface area contributed by atoms with Crippen LogP contribution in [0, 0.1) is 0 Å². The molecule has 0 unspecified atom stereocenters. The van der Waals surface area contributed by atoms with E-state index in [1.54, 1.807) is 40.9 Å². The van der Waals surface area contributed by atoms with Gasteiger partial charge < -0.3 is 15.5 Å². The lowest BCUT2D eigenvalue weighted by Gasteiger charge is -2.37. The lowest BCUT2D eigenvalue weighted by atomic mass is 9.98. The predicted molar refractivity (Wildman–Crippen MR) is 114 cm³/mol. The Morgan fingerprint density at radius 2 is 1.97 bits per heavy atom. The lowest BCUT2D eigenvalue weighted by molar-refractivity contribution is -0.125. The maximum absolute atomic E-state index is 13.5. The maximum Gasteiger partial charge on any atom is 0.273 e. The number of hydrogen-bond acceptors (Lipinski definition) is 6. The Morgan fingerprint density at radius 1 is 1.29 bits per heavy atom. The summed E-state index contributed by atoms with van der Waals surface area (Å²) in [5, 5.41) is 10.7. The molecule has 4 rings (SSSR count). The molecule has 0 fully saturated rings. The third-order valence-corrected chi connectivity index (χ3v) is 7.28. The summed E-state index contributed by atoms with van der Waals surface area (Å²) < 4.78 is 25.1. The van der Waals surface area contributed by atoms with Crippen LogP contribution < -0.4 is 10.6 Å². The van der Waals surface area contributed by atoms with Crippen LogP contribution in [0.1, 0.15) is 53.2 Å². The molecule has 0 saturated carbocycles. The number of amides is 2. The number of benzene rings is 1. The smallest absolute Gasteiger partial charge is 0.273 e.